The van der Waals surface area contributed by atoms with E-state index in [2.05, 4.69) is 175 Å². The zero-order valence-corrected chi connectivity index (χ0v) is 23.7. The molecule has 0 unspecified atom stereocenters. The van der Waals surface area contributed by atoms with Gasteiger partial charge in [-0.3, -0.25) is 0 Å². The van der Waals surface area contributed by atoms with Gasteiger partial charge in [0.25, 0.3) is 0 Å². The van der Waals surface area contributed by atoms with Gasteiger partial charge in [-0.1, -0.05) is 152 Å². The summed E-state index contributed by atoms with van der Waals surface area (Å²) in [6, 6.07) is 61.0. The molecule has 0 atom stereocenters. The molecule has 0 amide bonds. The highest BCUT2D eigenvalue weighted by atomic mass is 14.9. The third-order valence-corrected chi connectivity index (χ3v) is 8.48. The third-order valence-electron chi connectivity index (χ3n) is 8.48. The van der Waals surface area contributed by atoms with Crippen molar-refractivity contribution in [2.45, 2.75) is 0 Å². The predicted octanol–water partition coefficient (Wildman–Crippen LogP) is 11.9. The van der Waals surface area contributed by atoms with Gasteiger partial charge >= 0.3 is 0 Å². The van der Waals surface area contributed by atoms with Gasteiger partial charge in [0.1, 0.15) is 0 Å². The van der Waals surface area contributed by atoms with Crippen LogP contribution in [0.3, 0.4) is 0 Å². The van der Waals surface area contributed by atoms with Crippen LogP contribution in [0.2, 0.25) is 0 Å². The summed E-state index contributed by atoms with van der Waals surface area (Å²) in [5.74, 6) is 0. The van der Waals surface area contributed by atoms with Crippen molar-refractivity contribution in [1.29, 1.82) is 0 Å². The van der Waals surface area contributed by atoms with Crippen molar-refractivity contribution in [2.24, 2.45) is 0 Å². The summed E-state index contributed by atoms with van der Waals surface area (Å²) < 4.78 is 0. The van der Waals surface area contributed by atoms with E-state index in [4.69, 9.17) is 0 Å². The summed E-state index contributed by atoms with van der Waals surface area (Å²) in [7, 11) is 0. The largest absolute Gasteiger partial charge is 0.355 e. The molecule has 0 aliphatic heterocycles. The van der Waals surface area contributed by atoms with Crippen LogP contribution in [0.4, 0.5) is 11.4 Å². The first-order chi connectivity index (χ1) is 21.3. The van der Waals surface area contributed by atoms with Crippen LogP contribution in [0.15, 0.2) is 170 Å². The molecule has 43 heavy (non-hydrogen) atoms. The minimum absolute atomic E-state index is 1.08. The molecule has 0 bridgehead atoms. The standard InChI is InChI=1S/C42H29N/c1-2-14-29(15-3-1)32-18-10-12-24-41(32)43-42-25-13-11-23-39(42)37-26-27-38(35-21-8-7-20-34(35)37)40-28-30-16-4-5-17-31(30)33-19-6-9-22-36(33)40/h1-28,43H. The Morgan fingerprint density at radius 3 is 1.44 bits per heavy atom. The number of fused-ring (bicyclic) bond motifs is 4. The molecule has 8 aromatic rings. The van der Waals surface area contributed by atoms with Crippen molar-refractivity contribution >= 4 is 43.7 Å². The lowest BCUT2D eigenvalue weighted by atomic mass is 9.88. The third kappa shape index (κ3) is 4.43. The monoisotopic (exact) mass is 547 g/mol. The lowest BCUT2D eigenvalue weighted by molar-refractivity contribution is 1.53. The Morgan fingerprint density at radius 2 is 0.744 bits per heavy atom. The summed E-state index contributed by atoms with van der Waals surface area (Å²) in [4.78, 5) is 0. The molecule has 8 aromatic carbocycles. The first-order valence-electron chi connectivity index (χ1n) is 14.8. The van der Waals surface area contributed by atoms with Gasteiger partial charge in [0.15, 0.2) is 0 Å². The van der Waals surface area contributed by atoms with E-state index in [0.717, 1.165) is 11.4 Å². The Balaban J connectivity index is 1.30. The highest BCUT2D eigenvalue weighted by Gasteiger charge is 2.15. The Hall–Kier alpha value is -5.66. The Kier molecular flexibility index (Phi) is 6.20. The molecule has 8 rings (SSSR count). The zero-order chi connectivity index (χ0) is 28.6. The van der Waals surface area contributed by atoms with Crippen LogP contribution in [0.25, 0.3) is 65.7 Å². The minimum atomic E-state index is 1.08. The molecule has 0 heterocycles. The number of nitrogens with one attached hydrogen (secondary N) is 1. The van der Waals surface area contributed by atoms with Crippen LogP contribution in [0.1, 0.15) is 0 Å². The van der Waals surface area contributed by atoms with Crippen molar-refractivity contribution in [3.05, 3.63) is 170 Å². The molecule has 0 aliphatic carbocycles. The molecule has 1 N–H and O–H groups in total. The maximum atomic E-state index is 3.79. The first kappa shape index (κ1) is 25.1. The van der Waals surface area contributed by atoms with Gasteiger partial charge < -0.3 is 5.32 Å². The van der Waals surface area contributed by atoms with Gasteiger partial charge in [-0.15, -0.1) is 0 Å². The molecule has 0 aliphatic rings. The Morgan fingerprint density at radius 1 is 0.279 bits per heavy atom. The van der Waals surface area contributed by atoms with Gasteiger partial charge in [0.05, 0.1) is 0 Å². The van der Waals surface area contributed by atoms with Crippen molar-refractivity contribution in [1.82, 2.24) is 0 Å². The Bertz CT molecular complexity index is 2260. The highest BCUT2D eigenvalue weighted by molar-refractivity contribution is 6.17. The molecule has 0 spiro atoms. The fourth-order valence-electron chi connectivity index (χ4n) is 6.48. The number of hydrogen-bond donors (Lipinski definition) is 1. The second-order valence-electron chi connectivity index (χ2n) is 11.0. The normalized spacial score (nSPS) is 11.3. The molecule has 0 radical (unpaired) electrons. The van der Waals surface area contributed by atoms with Gasteiger partial charge in [0, 0.05) is 22.5 Å². The van der Waals surface area contributed by atoms with E-state index >= 15 is 0 Å². The van der Waals surface area contributed by atoms with Crippen molar-refractivity contribution in [2.75, 3.05) is 5.32 Å². The summed E-state index contributed by atoms with van der Waals surface area (Å²) in [6.07, 6.45) is 0. The van der Waals surface area contributed by atoms with Crippen molar-refractivity contribution in [3.63, 3.8) is 0 Å². The average molecular weight is 548 g/mol. The van der Waals surface area contributed by atoms with Crippen LogP contribution in [0.5, 0.6) is 0 Å². The summed E-state index contributed by atoms with van der Waals surface area (Å²) in [5.41, 5.74) is 9.45. The van der Waals surface area contributed by atoms with Crippen molar-refractivity contribution < 1.29 is 0 Å². The minimum Gasteiger partial charge on any atom is -0.355 e. The maximum absolute atomic E-state index is 3.79. The second-order valence-corrected chi connectivity index (χ2v) is 11.0. The number of rotatable bonds is 5. The van der Waals surface area contributed by atoms with Crippen molar-refractivity contribution in [3.8, 4) is 33.4 Å². The van der Waals surface area contributed by atoms with Gasteiger partial charge in [-0.2, -0.15) is 0 Å². The molecule has 1 nitrogen and oxygen atoms in total. The smallest absolute Gasteiger partial charge is 0.0464 e. The second kappa shape index (κ2) is 10.6. The first-order valence-corrected chi connectivity index (χ1v) is 14.8. The molecule has 0 saturated carbocycles. The zero-order valence-electron chi connectivity index (χ0n) is 23.7. The van der Waals surface area contributed by atoms with Gasteiger partial charge in [-0.25, -0.2) is 0 Å². The topological polar surface area (TPSA) is 12.0 Å². The summed E-state index contributed by atoms with van der Waals surface area (Å²) in [6.45, 7) is 0. The van der Waals surface area contributed by atoms with Crippen LogP contribution in [-0.4, -0.2) is 0 Å². The van der Waals surface area contributed by atoms with E-state index in [9.17, 15) is 0 Å². The van der Waals surface area contributed by atoms with Crippen LogP contribution < -0.4 is 5.32 Å². The van der Waals surface area contributed by atoms with E-state index in [0.29, 0.717) is 0 Å². The van der Waals surface area contributed by atoms with Crippen LogP contribution >= 0.6 is 0 Å². The molecule has 202 valence electrons. The molecule has 0 saturated heterocycles. The predicted molar refractivity (Wildman–Crippen MR) is 185 cm³/mol. The van der Waals surface area contributed by atoms with E-state index in [-0.39, 0.29) is 0 Å². The number of para-hydroxylation sites is 2. The van der Waals surface area contributed by atoms with E-state index in [1.165, 1.54) is 65.7 Å². The summed E-state index contributed by atoms with van der Waals surface area (Å²) in [5, 5.41) is 11.4. The molecular weight excluding hydrogens is 518 g/mol. The lowest BCUT2D eigenvalue weighted by Crippen LogP contribution is -1.96. The molecule has 1 heteroatoms. The lowest BCUT2D eigenvalue weighted by Gasteiger charge is -2.18. The number of hydrogen-bond acceptors (Lipinski definition) is 1. The van der Waals surface area contributed by atoms with Crippen LogP contribution in [0, 0.1) is 0 Å². The van der Waals surface area contributed by atoms with Crippen LogP contribution in [-0.2, 0) is 0 Å². The number of anilines is 2. The van der Waals surface area contributed by atoms with Gasteiger partial charge in [0.2, 0.25) is 0 Å². The summed E-state index contributed by atoms with van der Waals surface area (Å²) >= 11 is 0. The SMILES string of the molecule is c1ccc(-c2ccccc2Nc2ccccc2-c2ccc(-c3cc4ccccc4c4ccccc34)c3ccccc23)cc1. The maximum Gasteiger partial charge on any atom is 0.0464 e. The highest BCUT2D eigenvalue weighted by Crippen LogP contribution is 2.43. The molecule has 0 aromatic heterocycles. The average Bonchev–Trinajstić information content (AvgIpc) is 3.08. The van der Waals surface area contributed by atoms with E-state index in [1.54, 1.807) is 0 Å². The number of benzene rings is 8. The molecular formula is C42H29N. The Labute approximate surface area is 251 Å². The quantitative estimate of drug-likeness (QED) is 0.211. The molecule has 0 fully saturated rings. The van der Waals surface area contributed by atoms with Gasteiger partial charge in [-0.05, 0) is 72.8 Å². The van der Waals surface area contributed by atoms with E-state index < -0.39 is 0 Å². The fraction of sp³-hybridized carbons (Fsp3) is 0. The fourth-order valence-corrected chi connectivity index (χ4v) is 6.48. The van der Waals surface area contributed by atoms with E-state index in [1.807, 2.05) is 0 Å².